The first-order valence-electron chi connectivity index (χ1n) is 4.69. The SMILES string of the molecule is COc1cc(SC)c(OC)c(C(C)N)c1. The van der Waals surface area contributed by atoms with Gasteiger partial charge < -0.3 is 15.2 Å². The Morgan fingerprint density at radius 1 is 1.27 bits per heavy atom. The minimum atomic E-state index is -0.0686. The summed E-state index contributed by atoms with van der Waals surface area (Å²) in [6, 6.07) is 3.81. The molecule has 0 aliphatic heterocycles. The molecule has 0 saturated heterocycles. The van der Waals surface area contributed by atoms with Gasteiger partial charge in [0.2, 0.25) is 0 Å². The van der Waals surface area contributed by atoms with Crippen LogP contribution >= 0.6 is 11.8 Å². The van der Waals surface area contributed by atoms with E-state index < -0.39 is 0 Å². The second-order valence-corrected chi connectivity index (χ2v) is 4.09. The summed E-state index contributed by atoms with van der Waals surface area (Å²) in [4.78, 5) is 1.05. The molecule has 0 aromatic heterocycles. The summed E-state index contributed by atoms with van der Waals surface area (Å²) >= 11 is 1.62. The zero-order chi connectivity index (χ0) is 11.4. The molecule has 0 saturated carbocycles. The molecule has 1 atom stereocenters. The second kappa shape index (κ2) is 5.28. The molecule has 0 radical (unpaired) electrons. The van der Waals surface area contributed by atoms with Crippen LogP contribution in [0.2, 0.25) is 0 Å². The van der Waals surface area contributed by atoms with Crippen LogP contribution in [-0.4, -0.2) is 20.5 Å². The van der Waals surface area contributed by atoms with Gasteiger partial charge in [-0.05, 0) is 25.3 Å². The van der Waals surface area contributed by atoms with Crippen LogP contribution in [0.1, 0.15) is 18.5 Å². The molecule has 1 rings (SSSR count). The Balaban J connectivity index is 3.32. The number of ether oxygens (including phenoxy) is 2. The molecule has 0 spiro atoms. The Labute approximate surface area is 94.9 Å². The average Bonchev–Trinajstić information content (AvgIpc) is 2.26. The summed E-state index contributed by atoms with van der Waals surface area (Å²) in [5.74, 6) is 1.66. The van der Waals surface area contributed by atoms with Gasteiger partial charge in [-0.15, -0.1) is 11.8 Å². The van der Waals surface area contributed by atoms with Crippen molar-refractivity contribution in [2.45, 2.75) is 17.9 Å². The predicted molar refractivity (Wildman–Crippen MR) is 63.9 cm³/mol. The molecule has 0 aliphatic carbocycles. The minimum absolute atomic E-state index is 0.0686. The van der Waals surface area contributed by atoms with E-state index in [2.05, 4.69) is 0 Å². The van der Waals surface area contributed by atoms with Gasteiger partial charge in [-0.25, -0.2) is 0 Å². The van der Waals surface area contributed by atoms with Gasteiger partial charge in [0.1, 0.15) is 11.5 Å². The van der Waals surface area contributed by atoms with Crippen molar-refractivity contribution >= 4 is 11.8 Å². The number of hydrogen-bond acceptors (Lipinski definition) is 4. The molecule has 0 amide bonds. The minimum Gasteiger partial charge on any atom is -0.497 e. The molecule has 4 heteroatoms. The molecule has 1 aromatic rings. The monoisotopic (exact) mass is 227 g/mol. The van der Waals surface area contributed by atoms with Crippen molar-refractivity contribution in [2.24, 2.45) is 5.73 Å². The van der Waals surface area contributed by atoms with Crippen LogP contribution in [0.4, 0.5) is 0 Å². The van der Waals surface area contributed by atoms with Crippen molar-refractivity contribution < 1.29 is 9.47 Å². The highest BCUT2D eigenvalue weighted by molar-refractivity contribution is 7.98. The largest absolute Gasteiger partial charge is 0.497 e. The molecule has 0 fully saturated rings. The van der Waals surface area contributed by atoms with E-state index in [0.29, 0.717) is 0 Å². The molecule has 0 heterocycles. The smallest absolute Gasteiger partial charge is 0.137 e. The summed E-state index contributed by atoms with van der Waals surface area (Å²) < 4.78 is 10.6. The summed E-state index contributed by atoms with van der Waals surface area (Å²) in [5, 5.41) is 0. The lowest BCUT2D eigenvalue weighted by Crippen LogP contribution is -2.08. The number of benzene rings is 1. The topological polar surface area (TPSA) is 44.5 Å². The van der Waals surface area contributed by atoms with E-state index in [4.69, 9.17) is 15.2 Å². The number of hydrogen-bond donors (Lipinski definition) is 1. The van der Waals surface area contributed by atoms with Crippen molar-refractivity contribution in [1.29, 1.82) is 0 Å². The quantitative estimate of drug-likeness (QED) is 0.802. The maximum atomic E-state index is 5.89. The number of methoxy groups -OCH3 is 2. The third-order valence-corrected chi connectivity index (χ3v) is 2.95. The Morgan fingerprint density at radius 3 is 2.33 bits per heavy atom. The standard InChI is InChI=1S/C11H17NO2S/c1-7(12)9-5-8(13-2)6-10(15-4)11(9)14-3/h5-7H,12H2,1-4H3. The third-order valence-electron chi connectivity index (χ3n) is 2.21. The van der Waals surface area contributed by atoms with Gasteiger partial charge in [-0.3, -0.25) is 0 Å². The van der Waals surface area contributed by atoms with Crippen LogP contribution in [0.3, 0.4) is 0 Å². The fraction of sp³-hybridized carbons (Fsp3) is 0.455. The molecule has 1 aromatic carbocycles. The van der Waals surface area contributed by atoms with Crippen LogP contribution in [0.5, 0.6) is 11.5 Å². The molecule has 84 valence electrons. The normalized spacial score (nSPS) is 12.3. The summed E-state index contributed by atoms with van der Waals surface area (Å²) in [6.45, 7) is 1.93. The molecular weight excluding hydrogens is 210 g/mol. The number of thioether (sulfide) groups is 1. The van der Waals surface area contributed by atoms with Crippen molar-refractivity contribution in [3.8, 4) is 11.5 Å². The summed E-state index contributed by atoms with van der Waals surface area (Å²) in [5.41, 5.74) is 6.87. The molecule has 0 aliphatic rings. The van der Waals surface area contributed by atoms with Crippen LogP contribution in [0, 0.1) is 0 Å². The van der Waals surface area contributed by atoms with E-state index in [1.54, 1.807) is 26.0 Å². The summed E-state index contributed by atoms with van der Waals surface area (Å²) in [6.07, 6.45) is 2.00. The van der Waals surface area contributed by atoms with Gasteiger partial charge >= 0.3 is 0 Å². The maximum absolute atomic E-state index is 5.89. The lowest BCUT2D eigenvalue weighted by Gasteiger charge is -2.16. The highest BCUT2D eigenvalue weighted by Gasteiger charge is 2.14. The Morgan fingerprint density at radius 2 is 1.93 bits per heavy atom. The van der Waals surface area contributed by atoms with Gasteiger partial charge in [0.25, 0.3) is 0 Å². The van der Waals surface area contributed by atoms with Crippen molar-refractivity contribution in [1.82, 2.24) is 0 Å². The van der Waals surface area contributed by atoms with Gasteiger partial charge in [-0.1, -0.05) is 0 Å². The van der Waals surface area contributed by atoms with Crippen LogP contribution in [0.15, 0.2) is 17.0 Å². The van der Waals surface area contributed by atoms with Crippen LogP contribution in [-0.2, 0) is 0 Å². The van der Waals surface area contributed by atoms with Gasteiger partial charge in [-0.2, -0.15) is 0 Å². The average molecular weight is 227 g/mol. The van der Waals surface area contributed by atoms with Gasteiger partial charge in [0.05, 0.1) is 19.1 Å². The maximum Gasteiger partial charge on any atom is 0.137 e. The van der Waals surface area contributed by atoms with Crippen LogP contribution in [0.25, 0.3) is 0 Å². The van der Waals surface area contributed by atoms with E-state index in [1.165, 1.54) is 0 Å². The highest BCUT2D eigenvalue weighted by atomic mass is 32.2. The molecule has 1 unspecified atom stereocenters. The van der Waals surface area contributed by atoms with Crippen molar-refractivity contribution in [3.63, 3.8) is 0 Å². The predicted octanol–water partition coefficient (Wildman–Crippen LogP) is 2.45. The zero-order valence-corrected chi connectivity index (χ0v) is 10.4. The summed E-state index contributed by atoms with van der Waals surface area (Å²) in [7, 11) is 3.31. The van der Waals surface area contributed by atoms with Gasteiger partial charge in [0.15, 0.2) is 0 Å². The van der Waals surface area contributed by atoms with E-state index in [0.717, 1.165) is 22.0 Å². The van der Waals surface area contributed by atoms with Gasteiger partial charge in [0, 0.05) is 11.6 Å². The fourth-order valence-electron chi connectivity index (χ4n) is 1.42. The van der Waals surface area contributed by atoms with Crippen LogP contribution < -0.4 is 15.2 Å². The van der Waals surface area contributed by atoms with E-state index >= 15 is 0 Å². The number of nitrogens with two attached hydrogens (primary N) is 1. The van der Waals surface area contributed by atoms with E-state index in [-0.39, 0.29) is 6.04 Å². The van der Waals surface area contributed by atoms with Crippen molar-refractivity contribution in [3.05, 3.63) is 17.7 Å². The lowest BCUT2D eigenvalue weighted by atomic mass is 10.1. The van der Waals surface area contributed by atoms with E-state index in [1.807, 2.05) is 25.3 Å². The first-order chi connectivity index (χ1) is 7.13. The molecule has 0 bridgehead atoms. The molecule has 3 nitrogen and oxygen atoms in total. The zero-order valence-electron chi connectivity index (χ0n) is 9.53. The molecular formula is C11H17NO2S. The second-order valence-electron chi connectivity index (χ2n) is 3.24. The lowest BCUT2D eigenvalue weighted by molar-refractivity contribution is 0.386. The highest BCUT2D eigenvalue weighted by Crippen LogP contribution is 2.37. The molecule has 15 heavy (non-hydrogen) atoms. The first-order valence-corrected chi connectivity index (χ1v) is 5.92. The number of rotatable bonds is 4. The Kier molecular flexibility index (Phi) is 4.29. The Hall–Kier alpha value is -0.870. The van der Waals surface area contributed by atoms with E-state index in [9.17, 15) is 0 Å². The molecule has 2 N–H and O–H groups in total. The third kappa shape index (κ3) is 2.58. The fourth-order valence-corrected chi connectivity index (χ4v) is 2.04. The van der Waals surface area contributed by atoms with Crippen molar-refractivity contribution in [2.75, 3.05) is 20.5 Å². The first kappa shape index (κ1) is 12.2. The Bertz CT molecular complexity index is 340.